The molecule has 0 aromatic carbocycles. The van der Waals surface area contributed by atoms with Crippen LogP contribution in [-0.4, -0.2) is 21.3 Å². The SMILES string of the molecule is CCn1c(SCc2sccc2C#CCN)n[nH]c1=O. The van der Waals surface area contributed by atoms with E-state index in [1.807, 2.05) is 18.4 Å². The molecule has 0 spiro atoms. The predicted octanol–water partition coefficient (Wildman–Crippen LogP) is 1.26. The fraction of sp³-hybridized carbons (Fsp3) is 0.333. The van der Waals surface area contributed by atoms with Crippen LogP contribution >= 0.6 is 23.1 Å². The lowest BCUT2D eigenvalue weighted by Gasteiger charge is -2.01. The van der Waals surface area contributed by atoms with E-state index in [9.17, 15) is 4.79 Å². The third kappa shape index (κ3) is 3.29. The summed E-state index contributed by atoms with van der Waals surface area (Å²) in [5.74, 6) is 6.65. The number of nitrogens with one attached hydrogen (secondary N) is 1. The zero-order chi connectivity index (χ0) is 13.7. The fourth-order valence-electron chi connectivity index (χ4n) is 1.53. The number of hydrogen-bond acceptors (Lipinski definition) is 5. The summed E-state index contributed by atoms with van der Waals surface area (Å²) in [5.41, 5.74) is 6.21. The van der Waals surface area contributed by atoms with Gasteiger partial charge in [-0.1, -0.05) is 23.6 Å². The Morgan fingerprint density at radius 2 is 2.47 bits per heavy atom. The molecule has 0 unspecified atom stereocenters. The third-order valence-electron chi connectivity index (χ3n) is 2.44. The smallest absolute Gasteiger partial charge is 0.320 e. The minimum Gasteiger partial charge on any atom is -0.320 e. The molecule has 2 heterocycles. The molecule has 0 aliphatic carbocycles. The second-order valence-electron chi connectivity index (χ2n) is 3.61. The van der Waals surface area contributed by atoms with Crippen LogP contribution in [0.5, 0.6) is 0 Å². The Morgan fingerprint density at radius 3 is 3.21 bits per heavy atom. The van der Waals surface area contributed by atoms with E-state index in [0.717, 1.165) is 11.3 Å². The molecule has 0 radical (unpaired) electrons. The van der Waals surface area contributed by atoms with Crippen molar-refractivity contribution in [3.63, 3.8) is 0 Å². The van der Waals surface area contributed by atoms with Crippen LogP contribution in [-0.2, 0) is 12.3 Å². The largest absolute Gasteiger partial charge is 0.343 e. The van der Waals surface area contributed by atoms with Crippen molar-refractivity contribution in [2.45, 2.75) is 24.4 Å². The lowest BCUT2D eigenvalue weighted by atomic mass is 10.3. The Labute approximate surface area is 119 Å². The minimum absolute atomic E-state index is 0.167. The van der Waals surface area contributed by atoms with Crippen molar-refractivity contribution in [3.05, 3.63) is 32.4 Å². The number of H-pyrrole nitrogens is 1. The Bertz CT molecular complexity index is 659. The molecule has 3 N–H and O–H groups in total. The van der Waals surface area contributed by atoms with Gasteiger partial charge in [-0.15, -0.1) is 16.4 Å². The second-order valence-corrected chi connectivity index (χ2v) is 5.55. The van der Waals surface area contributed by atoms with Gasteiger partial charge in [0.05, 0.1) is 6.54 Å². The number of rotatable bonds is 4. The number of thiophene rings is 1. The first-order valence-electron chi connectivity index (χ1n) is 5.79. The van der Waals surface area contributed by atoms with Gasteiger partial charge in [-0.3, -0.25) is 4.57 Å². The van der Waals surface area contributed by atoms with Crippen molar-refractivity contribution in [2.24, 2.45) is 5.73 Å². The van der Waals surface area contributed by atoms with E-state index in [1.54, 1.807) is 15.9 Å². The van der Waals surface area contributed by atoms with Crippen LogP contribution < -0.4 is 11.4 Å². The zero-order valence-corrected chi connectivity index (χ0v) is 12.1. The number of nitrogens with two attached hydrogens (primary N) is 1. The standard InChI is InChI=1S/C12H14N4OS2/c1-2-16-11(17)14-15-12(16)19-8-10-9(4-3-6-13)5-7-18-10/h5,7H,2,6,8,13H2,1H3,(H,14,17). The molecule has 0 fully saturated rings. The lowest BCUT2D eigenvalue weighted by Crippen LogP contribution is -2.16. The van der Waals surface area contributed by atoms with Gasteiger partial charge in [0.15, 0.2) is 5.16 Å². The molecule has 0 aliphatic heterocycles. The van der Waals surface area contributed by atoms with E-state index in [0.29, 0.717) is 18.2 Å². The number of aromatic nitrogens is 3. The molecule has 19 heavy (non-hydrogen) atoms. The molecule has 0 amide bonds. The Balaban J connectivity index is 2.10. The molecule has 5 nitrogen and oxygen atoms in total. The summed E-state index contributed by atoms with van der Waals surface area (Å²) in [5, 5.41) is 9.19. The van der Waals surface area contributed by atoms with Gasteiger partial charge < -0.3 is 5.73 Å². The Kier molecular flexibility index (Phi) is 4.85. The van der Waals surface area contributed by atoms with E-state index in [2.05, 4.69) is 22.0 Å². The number of hydrogen-bond donors (Lipinski definition) is 2. The van der Waals surface area contributed by atoms with Crippen LogP contribution in [0.3, 0.4) is 0 Å². The van der Waals surface area contributed by atoms with Crippen LogP contribution in [0, 0.1) is 11.8 Å². The molecule has 7 heteroatoms. The maximum atomic E-state index is 11.4. The summed E-state index contributed by atoms with van der Waals surface area (Å²) in [6.07, 6.45) is 0. The second kappa shape index (κ2) is 6.61. The molecule has 0 saturated carbocycles. The lowest BCUT2D eigenvalue weighted by molar-refractivity contribution is 0.660. The predicted molar refractivity (Wildman–Crippen MR) is 78.3 cm³/mol. The van der Waals surface area contributed by atoms with Crippen LogP contribution in [0.15, 0.2) is 21.4 Å². The summed E-state index contributed by atoms with van der Waals surface area (Å²) in [4.78, 5) is 12.6. The zero-order valence-electron chi connectivity index (χ0n) is 10.5. The summed E-state index contributed by atoms with van der Waals surface area (Å²) < 4.78 is 1.61. The van der Waals surface area contributed by atoms with Gasteiger partial charge in [0.2, 0.25) is 0 Å². The third-order valence-corrected chi connectivity index (χ3v) is 4.55. The highest BCUT2D eigenvalue weighted by molar-refractivity contribution is 7.98. The summed E-state index contributed by atoms with van der Waals surface area (Å²) in [6.45, 7) is 2.89. The highest BCUT2D eigenvalue weighted by Gasteiger charge is 2.09. The van der Waals surface area contributed by atoms with Crippen molar-refractivity contribution in [1.29, 1.82) is 0 Å². The van der Waals surface area contributed by atoms with Gasteiger partial charge in [-0.25, -0.2) is 9.89 Å². The molecule has 2 rings (SSSR count). The van der Waals surface area contributed by atoms with E-state index < -0.39 is 0 Å². The minimum atomic E-state index is -0.167. The average molecular weight is 294 g/mol. The molecule has 0 aliphatic rings. The van der Waals surface area contributed by atoms with E-state index in [-0.39, 0.29) is 5.69 Å². The van der Waals surface area contributed by atoms with E-state index in [4.69, 9.17) is 5.73 Å². The highest BCUT2D eigenvalue weighted by atomic mass is 32.2. The van der Waals surface area contributed by atoms with Crippen LogP contribution in [0.2, 0.25) is 0 Å². The summed E-state index contributed by atoms with van der Waals surface area (Å²) >= 11 is 3.18. The molecule has 0 saturated heterocycles. The molecule has 2 aromatic rings. The quantitative estimate of drug-likeness (QED) is 0.657. The summed E-state index contributed by atoms with van der Waals surface area (Å²) in [7, 11) is 0. The molecular formula is C12H14N4OS2. The summed E-state index contributed by atoms with van der Waals surface area (Å²) in [6, 6.07) is 1.99. The average Bonchev–Trinajstić information content (AvgIpc) is 3.00. The Morgan fingerprint density at radius 1 is 1.63 bits per heavy atom. The maximum Gasteiger partial charge on any atom is 0.343 e. The first kappa shape index (κ1) is 13.9. The number of thioether (sulfide) groups is 1. The normalized spacial score (nSPS) is 10.2. The monoisotopic (exact) mass is 294 g/mol. The molecule has 100 valence electrons. The van der Waals surface area contributed by atoms with Crippen molar-refractivity contribution >= 4 is 23.1 Å². The van der Waals surface area contributed by atoms with Gasteiger partial charge in [0, 0.05) is 22.7 Å². The van der Waals surface area contributed by atoms with Crippen molar-refractivity contribution in [1.82, 2.24) is 14.8 Å². The maximum absolute atomic E-state index is 11.4. The van der Waals surface area contributed by atoms with Gasteiger partial charge in [-0.2, -0.15) is 0 Å². The number of aromatic amines is 1. The first-order chi connectivity index (χ1) is 9.26. The highest BCUT2D eigenvalue weighted by Crippen LogP contribution is 2.25. The molecule has 0 bridgehead atoms. The van der Waals surface area contributed by atoms with Gasteiger partial charge in [0.1, 0.15) is 0 Å². The topological polar surface area (TPSA) is 76.7 Å². The van der Waals surface area contributed by atoms with Gasteiger partial charge >= 0.3 is 5.69 Å². The molecular weight excluding hydrogens is 280 g/mol. The Hall–Kier alpha value is -1.49. The molecule has 2 aromatic heterocycles. The van der Waals surface area contributed by atoms with Crippen LogP contribution in [0.4, 0.5) is 0 Å². The van der Waals surface area contributed by atoms with Gasteiger partial charge in [0.25, 0.3) is 0 Å². The number of nitrogens with zero attached hydrogens (tertiary/aromatic N) is 2. The van der Waals surface area contributed by atoms with Crippen LogP contribution in [0.25, 0.3) is 0 Å². The van der Waals surface area contributed by atoms with Crippen molar-refractivity contribution < 1.29 is 0 Å². The van der Waals surface area contributed by atoms with Gasteiger partial charge in [-0.05, 0) is 18.4 Å². The fourth-order valence-corrected chi connectivity index (χ4v) is 3.49. The first-order valence-corrected chi connectivity index (χ1v) is 7.66. The van der Waals surface area contributed by atoms with E-state index in [1.165, 1.54) is 16.6 Å². The van der Waals surface area contributed by atoms with Crippen molar-refractivity contribution in [3.8, 4) is 11.8 Å². The van der Waals surface area contributed by atoms with E-state index >= 15 is 0 Å². The van der Waals surface area contributed by atoms with Crippen molar-refractivity contribution in [2.75, 3.05) is 6.54 Å². The molecule has 0 atom stereocenters. The van der Waals surface area contributed by atoms with Crippen LogP contribution in [0.1, 0.15) is 17.4 Å².